The molecule has 5 heteroatoms. The van der Waals surface area contributed by atoms with Gasteiger partial charge in [-0.3, -0.25) is 4.79 Å². The monoisotopic (exact) mass is 577 g/mol. The highest BCUT2D eigenvalue weighted by atomic mass is 79.9. The van der Waals surface area contributed by atoms with Gasteiger partial charge in [0.05, 0.1) is 15.9 Å². The van der Waals surface area contributed by atoms with E-state index >= 15 is 0 Å². The number of rotatable bonds is 6. The summed E-state index contributed by atoms with van der Waals surface area (Å²) in [6, 6.07) is 4.32. The Morgan fingerprint density at radius 3 is 2.47 bits per heavy atom. The first kappa shape index (κ1) is 27.2. The predicted octanol–water partition coefficient (Wildman–Crippen LogP) is 8.37. The number of amides is 1. The normalized spacial score (nSPS) is 41.8. The summed E-state index contributed by atoms with van der Waals surface area (Å²) in [5.41, 5.74) is 0.823. The number of aliphatic hydroxyl groups excluding tert-OH is 1. The van der Waals surface area contributed by atoms with Crippen LogP contribution in [0.15, 0.2) is 15.9 Å². The largest absolute Gasteiger partial charge is 0.393 e. The second kappa shape index (κ2) is 10.3. The first-order valence-electron chi connectivity index (χ1n) is 14.8. The summed E-state index contributed by atoms with van der Waals surface area (Å²) >= 11 is 5.31. The minimum Gasteiger partial charge on any atom is -0.393 e. The highest BCUT2D eigenvalue weighted by Gasteiger charge is 2.60. The summed E-state index contributed by atoms with van der Waals surface area (Å²) < 4.78 is 1.12. The average molecular weight is 579 g/mol. The van der Waals surface area contributed by atoms with Crippen LogP contribution in [0.4, 0.5) is 0 Å². The number of aliphatic hydroxyl groups is 1. The smallest absolute Gasteiger partial charge is 0.220 e. The Kier molecular flexibility index (Phi) is 7.78. The molecule has 1 amide bonds. The molecule has 202 valence electrons. The Labute approximate surface area is 231 Å². The third-order valence-corrected chi connectivity index (χ3v) is 13.5. The number of carbonyl (C=O) groups excluding carboxylic acids is 1. The molecule has 2 unspecified atom stereocenters. The van der Waals surface area contributed by atoms with E-state index in [1.807, 2.05) is 0 Å². The van der Waals surface area contributed by atoms with Gasteiger partial charge in [-0.25, -0.2) is 0 Å². The SMILES string of the molecule is CC(C)C(NC(=O)C[C@@H](C)C1CC[C@H]2[C@@H]3CC[C@@H]4C[C@H](O)CC[C@]4(C)[C@H]3CC[C@]12C)c1ccc(Br)s1. The van der Waals surface area contributed by atoms with Crippen molar-refractivity contribution < 1.29 is 9.90 Å². The van der Waals surface area contributed by atoms with Gasteiger partial charge in [0, 0.05) is 11.3 Å². The topological polar surface area (TPSA) is 49.3 Å². The number of carbonyl (C=O) groups is 1. The highest BCUT2D eigenvalue weighted by Crippen LogP contribution is 2.68. The van der Waals surface area contributed by atoms with Crippen LogP contribution in [0.1, 0.15) is 110 Å². The van der Waals surface area contributed by atoms with Crippen molar-refractivity contribution in [1.82, 2.24) is 5.32 Å². The van der Waals surface area contributed by atoms with E-state index < -0.39 is 0 Å². The van der Waals surface area contributed by atoms with Gasteiger partial charge in [0.15, 0.2) is 0 Å². The third kappa shape index (κ3) is 4.76. The minimum atomic E-state index is -0.0621. The van der Waals surface area contributed by atoms with Gasteiger partial charge in [0.25, 0.3) is 0 Å². The highest BCUT2D eigenvalue weighted by molar-refractivity contribution is 9.11. The van der Waals surface area contributed by atoms with Crippen molar-refractivity contribution in [2.45, 2.75) is 111 Å². The fourth-order valence-electron chi connectivity index (χ4n) is 9.94. The van der Waals surface area contributed by atoms with Gasteiger partial charge in [-0.15, -0.1) is 11.3 Å². The zero-order valence-electron chi connectivity index (χ0n) is 23.1. The van der Waals surface area contributed by atoms with Crippen molar-refractivity contribution in [3.8, 4) is 0 Å². The van der Waals surface area contributed by atoms with Crippen molar-refractivity contribution in [1.29, 1.82) is 0 Å². The molecule has 0 aromatic carbocycles. The van der Waals surface area contributed by atoms with Crippen molar-refractivity contribution in [2.75, 3.05) is 0 Å². The second-order valence-corrected chi connectivity index (χ2v) is 16.4. The summed E-state index contributed by atoms with van der Waals surface area (Å²) in [6.45, 7) is 11.9. The van der Waals surface area contributed by atoms with E-state index in [2.05, 4.69) is 68.0 Å². The molecule has 0 bridgehead atoms. The molecule has 3 nitrogen and oxygen atoms in total. The van der Waals surface area contributed by atoms with Gasteiger partial charge in [0.2, 0.25) is 5.91 Å². The molecule has 10 atom stereocenters. The maximum Gasteiger partial charge on any atom is 0.220 e. The molecule has 1 aromatic heterocycles. The van der Waals surface area contributed by atoms with Crippen LogP contribution in [0, 0.1) is 52.3 Å². The van der Waals surface area contributed by atoms with Crippen LogP contribution in [0.5, 0.6) is 0 Å². The van der Waals surface area contributed by atoms with E-state index in [0.29, 0.717) is 35.0 Å². The third-order valence-electron chi connectivity index (χ3n) is 11.8. The van der Waals surface area contributed by atoms with Crippen LogP contribution in [0.25, 0.3) is 0 Å². The second-order valence-electron chi connectivity index (χ2n) is 13.9. The van der Waals surface area contributed by atoms with Crippen molar-refractivity contribution in [3.05, 3.63) is 20.8 Å². The number of hydrogen-bond donors (Lipinski definition) is 2. The van der Waals surface area contributed by atoms with Crippen LogP contribution in [0.2, 0.25) is 0 Å². The van der Waals surface area contributed by atoms with Gasteiger partial charge < -0.3 is 10.4 Å². The van der Waals surface area contributed by atoms with E-state index in [0.717, 1.165) is 40.3 Å². The zero-order valence-corrected chi connectivity index (χ0v) is 25.5. The zero-order chi connectivity index (χ0) is 25.8. The molecule has 4 aliphatic carbocycles. The molecule has 1 heterocycles. The number of thiophene rings is 1. The predicted molar refractivity (Wildman–Crippen MR) is 153 cm³/mol. The van der Waals surface area contributed by atoms with Crippen LogP contribution in [-0.4, -0.2) is 17.1 Å². The summed E-state index contributed by atoms with van der Waals surface area (Å²) in [5.74, 6) is 4.92. The summed E-state index contributed by atoms with van der Waals surface area (Å²) in [4.78, 5) is 14.5. The maximum absolute atomic E-state index is 13.3. The van der Waals surface area contributed by atoms with Gasteiger partial charge in [0.1, 0.15) is 0 Å². The van der Waals surface area contributed by atoms with E-state index in [1.54, 1.807) is 11.3 Å². The molecule has 4 aliphatic rings. The fraction of sp³-hybridized carbons (Fsp3) is 0.839. The molecule has 0 radical (unpaired) electrons. The number of nitrogens with one attached hydrogen (secondary N) is 1. The molecule has 0 saturated heterocycles. The Bertz CT molecular complexity index is 947. The van der Waals surface area contributed by atoms with E-state index in [9.17, 15) is 9.90 Å². The Hall–Kier alpha value is -0.390. The number of hydrogen-bond acceptors (Lipinski definition) is 3. The van der Waals surface area contributed by atoms with Gasteiger partial charge in [-0.2, -0.15) is 0 Å². The number of fused-ring (bicyclic) bond motifs is 5. The molecule has 5 rings (SSSR count). The lowest BCUT2D eigenvalue weighted by atomic mass is 9.44. The van der Waals surface area contributed by atoms with Crippen molar-refractivity contribution >= 4 is 33.2 Å². The molecule has 4 fully saturated rings. The Morgan fingerprint density at radius 1 is 1.06 bits per heavy atom. The lowest BCUT2D eigenvalue weighted by Crippen LogP contribution is -2.54. The summed E-state index contributed by atoms with van der Waals surface area (Å²) in [7, 11) is 0. The van der Waals surface area contributed by atoms with Crippen LogP contribution < -0.4 is 5.32 Å². The Morgan fingerprint density at radius 2 is 1.78 bits per heavy atom. The lowest BCUT2D eigenvalue weighted by Gasteiger charge is -2.61. The molecule has 0 aliphatic heterocycles. The lowest BCUT2D eigenvalue weighted by molar-refractivity contribution is -0.132. The molecule has 36 heavy (non-hydrogen) atoms. The molecular formula is C31H48BrNO2S. The van der Waals surface area contributed by atoms with E-state index in [1.165, 1.54) is 49.8 Å². The molecular weight excluding hydrogens is 530 g/mol. The van der Waals surface area contributed by atoms with Crippen LogP contribution in [-0.2, 0) is 4.79 Å². The minimum absolute atomic E-state index is 0.0621. The fourth-order valence-corrected chi connectivity index (χ4v) is 11.6. The quantitative estimate of drug-likeness (QED) is 0.356. The van der Waals surface area contributed by atoms with Crippen LogP contribution >= 0.6 is 27.3 Å². The van der Waals surface area contributed by atoms with Gasteiger partial charge >= 0.3 is 0 Å². The first-order chi connectivity index (χ1) is 17.0. The molecule has 0 spiro atoms. The Balaban J connectivity index is 1.25. The van der Waals surface area contributed by atoms with E-state index in [4.69, 9.17) is 0 Å². The summed E-state index contributed by atoms with van der Waals surface area (Å²) in [6.07, 6.45) is 11.9. The van der Waals surface area contributed by atoms with Gasteiger partial charge in [-0.05, 0) is 138 Å². The van der Waals surface area contributed by atoms with E-state index in [-0.39, 0.29) is 18.1 Å². The number of halogens is 1. The molecule has 2 N–H and O–H groups in total. The molecule has 4 saturated carbocycles. The van der Waals surface area contributed by atoms with Crippen molar-refractivity contribution in [3.63, 3.8) is 0 Å². The van der Waals surface area contributed by atoms with Crippen molar-refractivity contribution in [2.24, 2.45) is 52.3 Å². The average Bonchev–Trinajstić information content (AvgIpc) is 3.40. The van der Waals surface area contributed by atoms with Gasteiger partial charge in [-0.1, -0.05) is 34.6 Å². The van der Waals surface area contributed by atoms with Crippen LogP contribution in [0.3, 0.4) is 0 Å². The summed E-state index contributed by atoms with van der Waals surface area (Å²) in [5, 5.41) is 13.7. The standard InChI is InChI=1S/C31H48BrNO2S/c1-18(2)29(26-10-11-27(32)36-26)33-28(35)16-19(3)23-8-9-24-22-7-6-20-17-21(34)12-14-30(20,4)25(22)13-15-31(23,24)5/h10-11,18-25,29,34H,6-9,12-17H2,1-5H3,(H,33,35)/t19-,20-,21-,22+,23?,24+,25+,29?,30+,31-/m1/s1. The first-order valence-corrected chi connectivity index (χ1v) is 16.4. The maximum atomic E-state index is 13.3. The molecule has 1 aromatic rings.